The minimum absolute atomic E-state index is 0.00947. The Kier molecular flexibility index (Phi) is 4.95. The lowest BCUT2D eigenvalue weighted by Crippen LogP contribution is -2.53. The Balaban J connectivity index is 2.08. The Morgan fingerprint density at radius 1 is 1.57 bits per heavy atom. The molecule has 1 aromatic rings. The number of nitrogen functional groups attached to an aromatic ring is 1. The zero-order chi connectivity index (χ0) is 15.5. The van der Waals surface area contributed by atoms with Crippen LogP contribution in [0.4, 0.5) is 0 Å². The number of nitrogens with zero attached hydrogens (tertiary/aromatic N) is 1. The predicted octanol–water partition coefficient (Wildman–Crippen LogP) is 0.262. The van der Waals surface area contributed by atoms with E-state index in [1.165, 1.54) is 0 Å². The summed E-state index contributed by atoms with van der Waals surface area (Å²) in [7, 11) is 0. The molecule has 1 aliphatic rings. The first-order valence-electron chi connectivity index (χ1n) is 7.04. The fourth-order valence-electron chi connectivity index (χ4n) is 2.78. The topological polar surface area (TPSA) is 87.8 Å². The molecule has 1 amide bonds. The fraction of sp³-hybridized carbons (Fsp3) is 0.533. The van der Waals surface area contributed by atoms with Gasteiger partial charge in [-0.2, -0.15) is 0 Å². The molecule has 6 heteroatoms. The van der Waals surface area contributed by atoms with Crippen molar-refractivity contribution in [2.45, 2.75) is 32.1 Å². The predicted molar refractivity (Wildman–Crippen MR) is 79.4 cm³/mol. The van der Waals surface area contributed by atoms with E-state index in [2.05, 4.69) is 10.3 Å². The summed E-state index contributed by atoms with van der Waals surface area (Å²) in [5.74, 6) is 4.86. The molecule has 0 bridgehead atoms. The molecule has 0 aliphatic carbocycles. The molecular weight excluding hydrogens is 270 g/mol. The highest BCUT2D eigenvalue weighted by Gasteiger charge is 2.32. The van der Waals surface area contributed by atoms with Gasteiger partial charge in [-0.05, 0) is 31.5 Å². The number of carbonyl (C=O) groups is 1. The summed E-state index contributed by atoms with van der Waals surface area (Å²) in [6.07, 6.45) is -0.177. The number of aliphatic hydroxyl groups excluding tert-OH is 1. The van der Waals surface area contributed by atoms with Crippen LogP contribution in [0.25, 0.3) is 0 Å². The number of hydrogen-bond acceptors (Lipinski definition) is 5. The third-order valence-electron chi connectivity index (χ3n) is 3.48. The van der Waals surface area contributed by atoms with E-state index in [9.17, 15) is 9.90 Å². The minimum atomic E-state index is -0.299. The molecule has 2 rings (SSSR count). The molecule has 116 valence electrons. The minimum Gasteiger partial charge on any atom is -0.394 e. The van der Waals surface area contributed by atoms with E-state index in [4.69, 9.17) is 10.6 Å². The van der Waals surface area contributed by atoms with Crippen LogP contribution in [0, 0.1) is 0 Å². The first kappa shape index (κ1) is 15.9. The van der Waals surface area contributed by atoms with Gasteiger partial charge in [0.05, 0.1) is 18.3 Å². The molecule has 0 saturated carbocycles. The maximum Gasteiger partial charge on any atom is 0.265 e. The second-order valence-corrected chi connectivity index (χ2v) is 6.03. The van der Waals surface area contributed by atoms with E-state index in [1.54, 1.807) is 6.07 Å². The van der Waals surface area contributed by atoms with Gasteiger partial charge in [-0.1, -0.05) is 12.1 Å². The smallest absolute Gasteiger partial charge is 0.265 e. The number of nitrogens with one attached hydrogen (secondary N) is 1. The maximum atomic E-state index is 11.6. The van der Waals surface area contributed by atoms with Crippen LogP contribution >= 0.6 is 0 Å². The summed E-state index contributed by atoms with van der Waals surface area (Å²) in [4.78, 5) is 13.8. The van der Waals surface area contributed by atoms with Crippen LogP contribution in [0.3, 0.4) is 0 Å². The van der Waals surface area contributed by atoms with Crippen molar-refractivity contribution in [3.8, 4) is 0 Å². The number of hydrazine groups is 1. The molecule has 1 atom stereocenters. The van der Waals surface area contributed by atoms with Gasteiger partial charge in [-0.15, -0.1) is 0 Å². The molecule has 1 aromatic carbocycles. The van der Waals surface area contributed by atoms with Crippen molar-refractivity contribution in [3.63, 3.8) is 0 Å². The van der Waals surface area contributed by atoms with Crippen LogP contribution in [-0.2, 0) is 11.3 Å². The maximum absolute atomic E-state index is 11.6. The Labute approximate surface area is 124 Å². The van der Waals surface area contributed by atoms with Crippen LogP contribution in [-0.4, -0.2) is 47.3 Å². The molecule has 0 aromatic heterocycles. The lowest BCUT2D eigenvalue weighted by molar-refractivity contribution is -0.150. The molecule has 6 nitrogen and oxygen atoms in total. The molecule has 1 fully saturated rings. The lowest BCUT2D eigenvalue weighted by Gasteiger charge is -2.42. The van der Waals surface area contributed by atoms with Gasteiger partial charge in [0.2, 0.25) is 0 Å². The summed E-state index contributed by atoms with van der Waals surface area (Å²) >= 11 is 0. The molecule has 0 radical (unpaired) electrons. The number of aliphatic hydroxyl groups is 1. The van der Waals surface area contributed by atoms with Gasteiger partial charge in [0, 0.05) is 25.2 Å². The van der Waals surface area contributed by atoms with Gasteiger partial charge in [-0.25, -0.2) is 5.84 Å². The molecule has 1 unspecified atom stereocenters. The van der Waals surface area contributed by atoms with Crippen molar-refractivity contribution in [2.24, 2.45) is 5.84 Å². The van der Waals surface area contributed by atoms with E-state index >= 15 is 0 Å². The van der Waals surface area contributed by atoms with Gasteiger partial charge in [-0.3, -0.25) is 15.1 Å². The zero-order valence-electron chi connectivity index (χ0n) is 12.5. The molecule has 0 spiro atoms. The fourth-order valence-corrected chi connectivity index (χ4v) is 2.78. The Morgan fingerprint density at radius 3 is 3.00 bits per heavy atom. The van der Waals surface area contributed by atoms with Crippen molar-refractivity contribution < 1.29 is 14.6 Å². The number of benzene rings is 1. The van der Waals surface area contributed by atoms with Gasteiger partial charge in [0.1, 0.15) is 0 Å². The molecule has 1 heterocycles. The van der Waals surface area contributed by atoms with E-state index < -0.39 is 0 Å². The van der Waals surface area contributed by atoms with Crippen LogP contribution < -0.4 is 11.3 Å². The summed E-state index contributed by atoms with van der Waals surface area (Å²) in [5.41, 5.74) is 3.42. The highest BCUT2D eigenvalue weighted by molar-refractivity contribution is 5.93. The molecule has 1 saturated heterocycles. The first-order chi connectivity index (χ1) is 9.93. The number of rotatable bonds is 4. The summed E-state index contributed by atoms with van der Waals surface area (Å²) < 4.78 is 5.80. The SMILES string of the molecule is CC1(C)CN(Cc2cccc(C(=O)NN)c2)CC(CO)O1. The van der Waals surface area contributed by atoms with Crippen molar-refractivity contribution >= 4 is 5.91 Å². The highest BCUT2D eigenvalue weighted by Crippen LogP contribution is 2.22. The van der Waals surface area contributed by atoms with Crippen molar-refractivity contribution in [1.82, 2.24) is 10.3 Å². The van der Waals surface area contributed by atoms with Crippen LogP contribution in [0.2, 0.25) is 0 Å². The van der Waals surface area contributed by atoms with E-state index in [0.29, 0.717) is 18.7 Å². The van der Waals surface area contributed by atoms with Crippen molar-refractivity contribution in [3.05, 3.63) is 35.4 Å². The van der Waals surface area contributed by atoms with Gasteiger partial charge in [0.25, 0.3) is 5.91 Å². The van der Waals surface area contributed by atoms with E-state index in [1.807, 2.05) is 32.0 Å². The standard InChI is InChI=1S/C15H23N3O3/c1-15(2)10-18(8-13(9-19)21-15)7-11-4-3-5-12(6-11)14(20)17-16/h3-6,13,19H,7-10,16H2,1-2H3,(H,17,20). The van der Waals surface area contributed by atoms with Crippen molar-refractivity contribution in [2.75, 3.05) is 19.7 Å². The van der Waals surface area contributed by atoms with E-state index in [-0.39, 0.29) is 24.2 Å². The molecule has 4 N–H and O–H groups in total. The van der Waals surface area contributed by atoms with Gasteiger partial charge < -0.3 is 9.84 Å². The monoisotopic (exact) mass is 293 g/mol. The summed E-state index contributed by atoms with van der Waals surface area (Å²) in [6.45, 7) is 6.19. The number of ether oxygens (including phenoxy) is 1. The molecule has 21 heavy (non-hydrogen) atoms. The lowest BCUT2D eigenvalue weighted by atomic mass is 10.0. The van der Waals surface area contributed by atoms with Gasteiger partial charge in [0.15, 0.2) is 0 Å². The van der Waals surface area contributed by atoms with Crippen LogP contribution in [0.1, 0.15) is 29.8 Å². The number of carbonyl (C=O) groups excluding carboxylic acids is 1. The first-order valence-corrected chi connectivity index (χ1v) is 7.04. The van der Waals surface area contributed by atoms with Crippen LogP contribution in [0.5, 0.6) is 0 Å². The third-order valence-corrected chi connectivity index (χ3v) is 3.48. The normalized spacial score (nSPS) is 22.0. The summed E-state index contributed by atoms with van der Waals surface area (Å²) in [5, 5.41) is 9.34. The van der Waals surface area contributed by atoms with Crippen molar-refractivity contribution in [1.29, 1.82) is 0 Å². The number of amides is 1. The molecular formula is C15H23N3O3. The largest absolute Gasteiger partial charge is 0.394 e. The quantitative estimate of drug-likeness (QED) is 0.421. The Hall–Kier alpha value is -1.47. The zero-order valence-corrected chi connectivity index (χ0v) is 12.5. The highest BCUT2D eigenvalue weighted by atomic mass is 16.5. The van der Waals surface area contributed by atoms with E-state index in [0.717, 1.165) is 12.1 Å². The Morgan fingerprint density at radius 2 is 2.33 bits per heavy atom. The second kappa shape index (κ2) is 6.53. The summed E-state index contributed by atoms with van der Waals surface area (Å²) in [6, 6.07) is 7.38. The number of morpholine rings is 1. The average Bonchev–Trinajstić information content (AvgIpc) is 2.45. The number of hydrogen-bond donors (Lipinski definition) is 3. The second-order valence-electron chi connectivity index (χ2n) is 6.03. The molecule has 1 aliphatic heterocycles. The average molecular weight is 293 g/mol. The number of nitrogens with two attached hydrogens (primary N) is 1. The van der Waals surface area contributed by atoms with Gasteiger partial charge >= 0.3 is 0 Å². The Bertz CT molecular complexity index is 505. The third kappa shape index (κ3) is 4.25. The van der Waals surface area contributed by atoms with Crippen LogP contribution in [0.15, 0.2) is 24.3 Å².